The summed E-state index contributed by atoms with van der Waals surface area (Å²) in [5.74, 6) is -3.84. The number of hydrogen-bond donors (Lipinski definition) is 4. The lowest BCUT2D eigenvalue weighted by Gasteiger charge is -2.23. The molecule has 4 N–H and O–H groups in total. The molecule has 0 spiro atoms. The molecule has 1 heterocycles. The van der Waals surface area contributed by atoms with Crippen LogP contribution in [0.15, 0.2) is 121 Å². The highest BCUT2D eigenvalue weighted by atomic mass is 16.6. The molecule has 1 aliphatic heterocycles. The van der Waals surface area contributed by atoms with Crippen LogP contribution in [0.5, 0.6) is 0 Å². The van der Waals surface area contributed by atoms with Gasteiger partial charge < -0.3 is 35.3 Å². The molecule has 0 unspecified atom stereocenters. The SMILES string of the molecule is O=C(C[C@H]1CC=CCC[C@H](NC(=O)OCC2c3ccccc3-c3ccccc32)C(=O)OC[C@H](C(=O)OCc2ccccc2)NC1=O)N[C@H](CO)Cc1ccccc1. The van der Waals surface area contributed by atoms with Crippen molar-refractivity contribution in [3.63, 3.8) is 0 Å². The molecule has 296 valence electrons. The first-order valence-electron chi connectivity index (χ1n) is 19.2. The molecule has 4 aromatic carbocycles. The molecule has 0 bridgehead atoms. The van der Waals surface area contributed by atoms with Gasteiger partial charge in [0.15, 0.2) is 6.04 Å². The second-order valence-corrected chi connectivity index (χ2v) is 14.1. The zero-order chi connectivity index (χ0) is 40.0. The number of cyclic esters (lactones) is 1. The number of benzene rings is 4. The van der Waals surface area contributed by atoms with Crippen LogP contribution in [0, 0.1) is 5.92 Å². The Balaban J connectivity index is 1.12. The number of rotatable bonds is 12. The van der Waals surface area contributed by atoms with Crippen molar-refractivity contribution in [1.82, 2.24) is 16.0 Å². The number of alkyl carbamates (subject to hydrolysis) is 1. The summed E-state index contributed by atoms with van der Waals surface area (Å²) < 4.78 is 16.8. The first-order valence-corrected chi connectivity index (χ1v) is 19.2. The van der Waals surface area contributed by atoms with Gasteiger partial charge in [0.1, 0.15) is 25.9 Å². The molecule has 4 atom stereocenters. The van der Waals surface area contributed by atoms with E-state index in [1.807, 2.05) is 84.9 Å². The van der Waals surface area contributed by atoms with Crippen molar-refractivity contribution in [2.75, 3.05) is 19.8 Å². The zero-order valence-electron chi connectivity index (χ0n) is 31.5. The monoisotopic (exact) mass is 773 g/mol. The van der Waals surface area contributed by atoms with E-state index in [0.717, 1.165) is 27.8 Å². The van der Waals surface area contributed by atoms with Crippen LogP contribution in [0.1, 0.15) is 53.9 Å². The van der Waals surface area contributed by atoms with E-state index in [1.165, 1.54) is 0 Å². The second-order valence-electron chi connectivity index (χ2n) is 14.1. The van der Waals surface area contributed by atoms with Gasteiger partial charge in [-0.25, -0.2) is 14.4 Å². The number of amides is 3. The Morgan fingerprint density at radius 2 is 1.44 bits per heavy atom. The second kappa shape index (κ2) is 20.1. The van der Waals surface area contributed by atoms with Crippen LogP contribution in [0.4, 0.5) is 4.79 Å². The summed E-state index contributed by atoms with van der Waals surface area (Å²) in [5.41, 5.74) is 5.88. The summed E-state index contributed by atoms with van der Waals surface area (Å²) in [6.07, 6.45) is 3.41. The largest absolute Gasteiger partial charge is 0.461 e. The molecule has 0 aromatic heterocycles. The van der Waals surface area contributed by atoms with E-state index in [9.17, 15) is 29.1 Å². The quantitative estimate of drug-likeness (QED) is 0.0867. The molecule has 6 rings (SSSR count). The van der Waals surface area contributed by atoms with Crippen LogP contribution in [0.2, 0.25) is 0 Å². The highest BCUT2D eigenvalue weighted by Crippen LogP contribution is 2.44. The predicted octanol–water partition coefficient (Wildman–Crippen LogP) is 5.13. The molecule has 3 amide bonds. The topological polar surface area (TPSA) is 169 Å². The fraction of sp³-hybridized carbons (Fsp3) is 0.311. The van der Waals surface area contributed by atoms with Gasteiger partial charge in [0.05, 0.1) is 18.6 Å². The molecule has 0 fully saturated rings. The van der Waals surface area contributed by atoms with Crippen molar-refractivity contribution in [2.24, 2.45) is 5.92 Å². The third-order valence-electron chi connectivity index (χ3n) is 10.1. The maximum absolute atomic E-state index is 13.7. The zero-order valence-corrected chi connectivity index (χ0v) is 31.5. The lowest BCUT2D eigenvalue weighted by Crippen LogP contribution is -2.49. The van der Waals surface area contributed by atoms with Crippen LogP contribution < -0.4 is 16.0 Å². The van der Waals surface area contributed by atoms with Crippen molar-refractivity contribution in [1.29, 1.82) is 0 Å². The summed E-state index contributed by atoms with van der Waals surface area (Å²) in [4.78, 5) is 67.0. The van der Waals surface area contributed by atoms with Crippen LogP contribution in [-0.4, -0.2) is 72.9 Å². The molecule has 0 saturated carbocycles. The van der Waals surface area contributed by atoms with E-state index < -0.39 is 60.5 Å². The number of fused-ring (bicyclic) bond motifs is 3. The number of aliphatic hydroxyl groups is 1. The Morgan fingerprint density at radius 3 is 2.11 bits per heavy atom. The molecule has 57 heavy (non-hydrogen) atoms. The number of allylic oxidation sites excluding steroid dienone is 2. The molecule has 12 nitrogen and oxygen atoms in total. The van der Waals surface area contributed by atoms with Crippen molar-refractivity contribution in [2.45, 2.75) is 62.8 Å². The smallest absolute Gasteiger partial charge is 0.407 e. The first kappa shape index (κ1) is 40.4. The Labute approximate surface area is 331 Å². The number of ether oxygens (including phenoxy) is 3. The number of carbonyl (C=O) groups is 5. The minimum absolute atomic E-state index is 0.0448. The number of carbonyl (C=O) groups excluding carboxylic acids is 5. The Morgan fingerprint density at radius 1 is 0.807 bits per heavy atom. The average Bonchev–Trinajstić information content (AvgIpc) is 3.56. The number of esters is 2. The molecule has 1 aliphatic carbocycles. The summed E-state index contributed by atoms with van der Waals surface area (Å²) in [6, 6.07) is 31.1. The highest BCUT2D eigenvalue weighted by molar-refractivity contribution is 5.90. The van der Waals surface area contributed by atoms with Crippen molar-refractivity contribution in [3.05, 3.63) is 144 Å². The standard InChI is InChI=1S/C45H47N3O9/c49-26-33(24-30-14-4-1-5-15-30)46-41(50)25-32-18-8-3-9-23-39(43(52)56-29-40(47-42(32)51)44(53)55-27-31-16-6-2-7-17-31)48-45(54)57-28-38-36-21-12-10-19-34(36)35-20-11-13-22-37(35)38/h1-8,10-17,19-22,32-33,38-40,49H,9,18,23-29H2,(H,46,50)(H,47,51)(H,48,54)/t32-,33+,39+,40-/m1/s1. The van der Waals surface area contributed by atoms with E-state index >= 15 is 0 Å². The van der Waals surface area contributed by atoms with Gasteiger partial charge in [-0.3, -0.25) is 9.59 Å². The van der Waals surface area contributed by atoms with Gasteiger partial charge in [-0.05, 0) is 59.1 Å². The van der Waals surface area contributed by atoms with E-state index in [4.69, 9.17) is 14.2 Å². The van der Waals surface area contributed by atoms with E-state index in [1.54, 1.807) is 36.4 Å². The lowest BCUT2D eigenvalue weighted by atomic mass is 9.98. The Kier molecular flexibility index (Phi) is 14.2. The summed E-state index contributed by atoms with van der Waals surface area (Å²) in [6.45, 7) is -0.936. The van der Waals surface area contributed by atoms with Crippen molar-refractivity contribution < 1.29 is 43.3 Å². The van der Waals surface area contributed by atoms with Crippen LogP contribution in [-0.2, 0) is 46.4 Å². The van der Waals surface area contributed by atoms with Crippen LogP contribution in [0.3, 0.4) is 0 Å². The van der Waals surface area contributed by atoms with E-state index in [2.05, 4.69) is 16.0 Å². The van der Waals surface area contributed by atoms with Crippen LogP contribution >= 0.6 is 0 Å². The minimum atomic E-state index is -1.42. The minimum Gasteiger partial charge on any atom is -0.461 e. The number of nitrogens with one attached hydrogen (secondary N) is 3. The maximum Gasteiger partial charge on any atom is 0.407 e. The van der Waals surface area contributed by atoms with E-state index in [-0.39, 0.29) is 45.0 Å². The summed E-state index contributed by atoms with van der Waals surface area (Å²) in [5, 5.41) is 18.1. The van der Waals surface area contributed by atoms with E-state index in [0.29, 0.717) is 18.4 Å². The van der Waals surface area contributed by atoms with Gasteiger partial charge in [0.2, 0.25) is 11.8 Å². The third kappa shape index (κ3) is 11.2. The molecule has 12 heteroatoms. The number of hydrogen-bond acceptors (Lipinski definition) is 9. The Hall–Kier alpha value is -6.27. The third-order valence-corrected chi connectivity index (χ3v) is 10.1. The number of aliphatic hydroxyl groups excluding tert-OH is 1. The first-order chi connectivity index (χ1) is 27.8. The highest BCUT2D eigenvalue weighted by Gasteiger charge is 2.33. The van der Waals surface area contributed by atoms with Gasteiger partial charge in [-0.2, -0.15) is 0 Å². The van der Waals surface area contributed by atoms with Crippen LogP contribution in [0.25, 0.3) is 11.1 Å². The van der Waals surface area contributed by atoms with Crippen molar-refractivity contribution in [3.8, 4) is 11.1 Å². The summed E-state index contributed by atoms with van der Waals surface area (Å²) in [7, 11) is 0. The molecular weight excluding hydrogens is 727 g/mol. The molecule has 0 radical (unpaired) electrons. The summed E-state index contributed by atoms with van der Waals surface area (Å²) >= 11 is 0. The van der Waals surface area contributed by atoms with Gasteiger partial charge in [0, 0.05) is 12.3 Å². The maximum atomic E-state index is 13.7. The fourth-order valence-corrected chi connectivity index (χ4v) is 7.08. The van der Waals surface area contributed by atoms with Gasteiger partial charge in [-0.1, -0.05) is 121 Å². The average molecular weight is 774 g/mol. The van der Waals surface area contributed by atoms with Gasteiger partial charge in [-0.15, -0.1) is 0 Å². The Bertz CT molecular complexity index is 1990. The van der Waals surface area contributed by atoms with Crippen molar-refractivity contribution >= 4 is 29.8 Å². The van der Waals surface area contributed by atoms with Gasteiger partial charge in [0.25, 0.3) is 0 Å². The lowest BCUT2D eigenvalue weighted by molar-refractivity contribution is -0.156. The molecule has 4 aromatic rings. The molecular formula is C45H47N3O9. The van der Waals surface area contributed by atoms with Gasteiger partial charge >= 0.3 is 18.0 Å². The predicted molar refractivity (Wildman–Crippen MR) is 211 cm³/mol. The molecule has 2 aliphatic rings. The molecule has 0 saturated heterocycles. The fourth-order valence-electron chi connectivity index (χ4n) is 7.08. The normalized spacial score (nSPS) is 18.9.